The van der Waals surface area contributed by atoms with E-state index in [0.29, 0.717) is 5.89 Å². The predicted octanol–water partition coefficient (Wildman–Crippen LogP) is 23.3. The van der Waals surface area contributed by atoms with Crippen LogP contribution in [0.3, 0.4) is 0 Å². The molecule has 0 bridgehead atoms. The molecule has 678 valence electrons. The van der Waals surface area contributed by atoms with Gasteiger partial charge in [-0.05, 0) is 76.6 Å². The number of thiazole rings is 1. The number of benzene rings is 12. The molecule has 23 rings (SSSR count). The molecule has 0 fully saturated rings. The second kappa shape index (κ2) is 58.3. The predicted molar refractivity (Wildman–Crippen MR) is 513 cm³/mol. The SMILES string of the molecule is Cc1c[c-]c(-n2cccn2)cc1.Cn1ccnc1-c1[c-]ccc(-c2ccccc2)c1.Cn1ccnc1-c1[c-]csc1-c1ccccc1.[Pt+2].[Pt+2].[Pt+2].[Pt+2].[Pt+2].[c-]1ccccc1-c1ncco1.[c-]1ccccc1-c1nccs1.[c-]1ccccc1-n1cc(-c2ccccc2)cn1.[c-]1ccccc1-n1cccn1.[c-]1ccccc1-n1cccn1.[c-]1ccccc1-n1cccn1.[c-]1ccccc1-n1cncn1. The molecule has 0 radical (unpaired) electrons. The zero-order valence-electron chi connectivity index (χ0n) is 72.5. The molecule has 0 amide bonds. The number of oxazole rings is 1. The van der Waals surface area contributed by atoms with Gasteiger partial charge < -0.3 is 18.5 Å². The topological polar surface area (TPSA) is 194 Å². The van der Waals surface area contributed by atoms with Crippen LogP contribution in [-0.4, -0.2) is 92.7 Å². The van der Waals surface area contributed by atoms with Crippen LogP contribution in [0.5, 0.6) is 0 Å². The molecule has 0 saturated heterocycles. The van der Waals surface area contributed by atoms with Crippen LogP contribution in [0.1, 0.15) is 5.56 Å². The molecule has 0 saturated carbocycles. The molecule has 23 aromatic rings. The van der Waals surface area contributed by atoms with E-state index in [4.69, 9.17) is 4.42 Å². The number of thiophene rings is 1. The first-order chi connectivity index (χ1) is 64.3. The summed E-state index contributed by atoms with van der Waals surface area (Å²) >= 11 is 3.33. The Kier molecular flexibility index (Phi) is 45.3. The number of aromatic nitrogens is 19. The van der Waals surface area contributed by atoms with E-state index in [9.17, 15) is 0 Å². The van der Waals surface area contributed by atoms with Gasteiger partial charge in [-0.25, -0.2) is 21.0 Å². The zero-order valence-corrected chi connectivity index (χ0v) is 85.5. The summed E-state index contributed by atoms with van der Waals surface area (Å²) in [4.78, 5) is 22.0. The summed E-state index contributed by atoms with van der Waals surface area (Å²) in [5.74, 6) is 2.52. The van der Waals surface area contributed by atoms with Crippen LogP contribution in [0.4, 0.5) is 0 Å². The zero-order chi connectivity index (χ0) is 89.0. The molecule has 0 spiro atoms. The van der Waals surface area contributed by atoms with Crippen molar-refractivity contribution < 1.29 is 110 Å². The van der Waals surface area contributed by atoms with Crippen molar-refractivity contribution in [1.29, 1.82) is 0 Å². The fourth-order valence-corrected chi connectivity index (χ4v) is 13.6. The minimum atomic E-state index is 0. The number of para-hydroxylation sites is 5. The normalized spacial score (nSPS) is 9.74. The fraction of sp³-hybridized carbons (Fsp3) is 0.0278. The standard InChI is InChI=1S/C16H13N2.C15H11N2.C14H11N2S.C10H9N2.3C9H7N2.C9H6NO.C9H6NS.C8H6N3.5Pt/c1-18-11-10-17-16(18)15-9-5-8-14(12-15)13-6-3-2-4-7-13;1-3-7-13(8-4-1)14-11-16-17(12-14)15-9-5-2-6-10-15;1-16-9-8-15-14(16)12-7-10-17-13(12)11-5-3-2-4-6-11;1-9-3-5-10(6-4-9)12-8-2-7-11-12;3*1-2-5-9(6-3-1)11-8-4-7-10-11;2*1-2-4-8(5-3-1)9-10-6-7-11-9;1-2-4-8(5-3-1)11-7-9-6-10-11;;;;;/h2-8,10-12H,1H3;1-9,11-12H;2-6,8-10H,1H3;2-5,7-8H,1H3;3*1-5,7-8H;3*1-4,6-7H;;;;;/q10*-1;5*+2. The number of rotatable bonds is 13. The summed E-state index contributed by atoms with van der Waals surface area (Å²) in [6.45, 7) is 2.05. The number of aryl methyl sites for hydroxylation is 3. The van der Waals surface area contributed by atoms with Crippen LogP contribution >= 0.6 is 22.7 Å². The van der Waals surface area contributed by atoms with Gasteiger partial charge in [0.2, 0.25) is 0 Å². The summed E-state index contributed by atoms with van der Waals surface area (Å²) in [7, 11) is 3.99. The van der Waals surface area contributed by atoms with E-state index in [1.165, 1.54) is 39.0 Å². The maximum absolute atomic E-state index is 5.08. The van der Waals surface area contributed by atoms with Crippen LogP contribution in [0, 0.1) is 67.6 Å². The van der Waals surface area contributed by atoms with Crippen LogP contribution in [0.2, 0.25) is 0 Å². The largest absolute Gasteiger partial charge is 2.00 e. The first kappa shape index (κ1) is 105. The number of hydrogen-bond acceptors (Lipinski definition) is 14. The molecule has 27 heteroatoms. The molecule has 0 aliphatic heterocycles. The van der Waals surface area contributed by atoms with Crippen molar-refractivity contribution in [3.63, 3.8) is 0 Å². The fourth-order valence-electron chi connectivity index (χ4n) is 12.1. The average molecular weight is 2700 g/mol. The van der Waals surface area contributed by atoms with Gasteiger partial charge in [0.1, 0.15) is 18.5 Å². The maximum atomic E-state index is 5.08. The van der Waals surface area contributed by atoms with E-state index in [-0.39, 0.29) is 105 Å². The minimum absolute atomic E-state index is 0. The van der Waals surface area contributed by atoms with Crippen molar-refractivity contribution in [2.75, 3.05) is 0 Å². The van der Waals surface area contributed by atoms with Gasteiger partial charge in [-0.2, -0.15) is 193 Å². The molecular formula is C108H83N19OPt5S2. The van der Waals surface area contributed by atoms with Gasteiger partial charge in [0.25, 0.3) is 0 Å². The van der Waals surface area contributed by atoms with E-state index in [2.05, 4.69) is 177 Å². The Hall–Kier alpha value is -13.8. The van der Waals surface area contributed by atoms with E-state index in [1.54, 1.807) is 102 Å². The van der Waals surface area contributed by atoms with Gasteiger partial charge in [-0.15, -0.1) is 144 Å². The molecule has 0 unspecified atom stereocenters. The van der Waals surface area contributed by atoms with Gasteiger partial charge in [0.15, 0.2) is 0 Å². The van der Waals surface area contributed by atoms with Gasteiger partial charge in [0.05, 0.1) is 24.5 Å². The Morgan fingerprint density at radius 2 is 0.756 bits per heavy atom. The van der Waals surface area contributed by atoms with Crippen LogP contribution in [-0.2, 0) is 119 Å². The number of nitrogens with zero attached hydrogens (tertiary/aromatic N) is 19. The Morgan fingerprint density at radius 1 is 0.311 bits per heavy atom. The van der Waals surface area contributed by atoms with Gasteiger partial charge >= 0.3 is 105 Å². The van der Waals surface area contributed by atoms with E-state index >= 15 is 0 Å². The first-order valence-electron chi connectivity index (χ1n) is 40.9. The Balaban J connectivity index is 0.000000169. The minimum Gasteiger partial charge on any atom is -0.489 e. The molecule has 11 heterocycles. The molecule has 12 aromatic carbocycles. The van der Waals surface area contributed by atoms with E-state index in [0.717, 1.165) is 78.6 Å². The van der Waals surface area contributed by atoms with Gasteiger partial charge in [-0.1, -0.05) is 119 Å². The third kappa shape index (κ3) is 32.8. The molecule has 0 aliphatic rings. The first-order valence-corrected chi connectivity index (χ1v) is 42.6. The van der Waals surface area contributed by atoms with E-state index < -0.39 is 0 Å². The summed E-state index contributed by atoms with van der Waals surface area (Å²) in [5.41, 5.74) is 16.9. The Labute approximate surface area is 865 Å². The van der Waals surface area contributed by atoms with Crippen LogP contribution in [0.15, 0.2) is 455 Å². The summed E-state index contributed by atoms with van der Waals surface area (Å²) in [6.07, 6.45) is 34.1. The molecule has 20 nitrogen and oxygen atoms in total. The summed E-state index contributed by atoms with van der Waals surface area (Å²) in [6, 6.07) is 136. The second-order valence-corrected chi connectivity index (χ2v) is 29.2. The third-order valence-electron chi connectivity index (χ3n) is 18.4. The van der Waals surface area contributed by atoms with Gasteiger partial charge in [-0.3, -0.25) is 38.4 Å². The Morgan fingerprint density at radius 3 is 1.16 bits per heavy atom. The second-order valence-electron chi connectivity index (χ2n) is 27.4. The smallest absolute Gasteiger partial charge is 0.489 e. The van der Waals surface area contributed by atoms with Crippen molar-refractivity contribution in [2.24, 2.45) is 14.1 Å². The van der Waals surface area contributed by atoms with Gasteiger partial charge in [0, 0.05) is 116 Å². The maximum Gasteiger partial charge on any atom is 2.00 e. The summed E-state index contributed by atoms with van der Waals surface area (Å²) < 4.78 is 19.7. The molecular weight excluding hydrogens is 2620 g/mol. The van der Waals surface area contributed by atoms with Crippen LogP contribution in [0.25, 0.3) is 112 Å². The van der Waals surface area contributed by atoms with Crippen molar-refractivity contribution in [1.82, 2.24) is 92.7 Å². The third-order valence-corrected chi connectivity index (χ3v) is 20.1. The van der Waals surface area contributed by atoms with Crippen molar-refractivity contribution in [3.05, 3.63) is 517 Å². The molecule has 0 aliphatic carbocycles. The Bertz CT molecular complexity index is 6290. The van der Waals surface area contributed by atoms with E-state index in [1.807, 2.05) is 362 Å². The monoisotopic (exact) mass is 2700 g/mol. The van der Waals surface area contributed by atoms with Crippen molar-refractivity contribution in [3.8, 4) is 112 Å². The molecule has 11 aromatic heterocycles. The quantitative estimate of drug-likeness (QED) is 0.0993. The van der Waals surface area contributed by atoms with Crippen molar-refractivity contribution in [2.45, 2.75) is 6.92 Å². The van der Waals surface area contributed by atoms with Crippen molar-refractivity contribution >= 4 is 22.7 Å². The average Bonchev–Trinajstić information content (AvgIpc) is 1.69. The number of imidazole rings is 2. The molecule has 0 N–H and O–H groups in total. The summed E-state index contributed by atoms with van der Waals surface area (Å²) in [5, 5.41) is 29.6. The number of hydrogen-bond donors (Lipinski definition) is 0. The molecule has 135 heavy (non-hydrogen) atoms. The van der Waals surface area contributed by atoms with Crippen LogP contribution < -0.4 is 0 Å². The molecule has 0 atom stereocenters.